The maximum Gasteiger partial charge on any atom is 0.228 e. The summed E-state index contributed by atoms with van der Waals surface area (Å²) in [4.78, 5) is 29.4. The quantitative estimate of drug-likeness (QED) is 0.850. The van der Waals surface area contributed by atoms with Gasteiger partial charge in [-0.3, -0.25) is 14.3 Å². The van der Waals surface area contributed by atoms with Crippen molar-refractivity contribution in [1.29, 1.82) is 0 Å². The van der Waals surface area contributed by atoms with Crippen molar-refractivity contribution < 1.29 is 9.59 Å². The topological polar surface area (TPSA) is 58.4 Å². The van der Waals surface area contributed by atoms with Crippen molar-refractivity contribution in [2.45, 2.75) is 57.0 Å². The van der Waals surface area contributed by atoms with Gasteiger partial charge in [-0.2, -0.15) is 5.10 Å². The molecule has 0 aromatic carbocycles. The summed E-state index contributed by atoms with van der Waals surface area (Å²) >= 11 is 0. The molecule has 3 aliphatic rings. The minimum absolute atomic E-state index is 0.127. The number of hydrogen-bond acceptors (Lipinski definition) is 3. The highest BCUT2D eigenvalue weighted by Crippen LogP contribution is 2.36. The van der Waals surface area contributed by atoms with E-state index in [4.69, 9.17) is 0 Å². The predicted octanol–water partition coefficient (Wildman–Crippen LogP) is 1.87. The van der Waals surface area contributed by atoms with Gasteiger partial charge in [0.05, 0.1) is 18.2 Å². The van der Waals surface area contributed by atoms with Crippen molar-refractivity contribution in [1.82, 2.24) is 19.6 Å². The van der Waals surface area contributed by atoms with E-state index in [0.717, 1.165) is 37.8 Å². The molecule has 2 saturated heterocycles. The van der Waals surface area contributed by atoms with E-state index in [9.17, 15) is 9.59 Å². The Morgan fingerprint density at radius 2 is 2.00 bits per heavy atom. The van der Waals surface area contributed by atoms with E-state index in [1.807, 2.05) is 29.2 Å². The van der Waals surface area contributed by atoms with Crippen LogP contribution in [-0.2, 0) is 16.6 Å². The van der Waals surface area contributed by atoms with Gasteiger partial charge < -0.3 is 9.80 Å². The summed E-state index contributed by atoms with van der Waals surface area (Å²) in [6.07, 6.45) is 10.9. The van der Waals surface area contributed by atoms with Crippen LogP contribution >= 0.6 is 0 Å². The summed E-state index contributed by atoms with van der Waals surface area (Å²) in [6.45, 7) is 1.42. The second-order valence-corrected chi connectivity index (χ2v) is 7.52. The molecule has 3 fully saturated rings. The Kier molecular flexibility index (Phi) is 4.06. The molecule has 2 amide bonds. The molecule has 130 valence electrons. The number of rotatable bonds is 3. The maximum atomic E-state index is 13.1. The first-order valence-electron chi connectivity index (χ1n) is 9.22. The molecular formula is C18H26N4O2. The Bertz CT molecular complexity index is 635. The van der Waals surface area contributed by atoms with E-state index in [-0.39, 0.29) is 23.8 Å². The van der Waals surface area contributed by atoms with E-state index in [0.29, 0.717) is 19.0 Å². The minimum Gasteiger partial charge on any atom is -0.339 e. The normalized spacial score (nSPS) is 28.3. The zero-order chi connectivity index (χ0) is 16.7. The summed E-state index contributed by atoms with van der Waals surface area (Å²) in [5.41, 5.74) is 1.11. The SMILES string of the molecule is Cn1cc([C@@H]2CCCN2C(=O)[C@@H]2CC(=O)N(C3CCCC3)C2)cn1. The first-order valence-corrected chi connectivity index (χ1v) is 9.22. The summed E-state index contributed by atoms with van der Waals surface area (Å²) in [6, 6.07) is 0.504. The lowest BCUT2D eigenvalue weighted by Crippen LogP contribution is -2.38. The molecule has 24 heavy (non-hydrogen) atoms. The van der Waals surface area contributed by atoms with E-state index in [2.05, 4.69) is 5.10 Å². The molecule has 2 aliphatic heterocycles. The Balaban J connectivity index is 1.46. The molecule has 1 aromatic heterocycles. The number of likely N-dealkylation sites (tertiary alicyclic amines) is 2. The molecule has 1 saturated carbocycles. The van der Waals surface area contributed by atoms with Crippen molar-refractivity contribution in [2.75, 3.05) is 13.1 Å². The molecule has 1 aromatic rings. The number of carbonyl (C=O) groups is 2. The molecule has 0 N–H and O–H groups in total. The monoisotopic (exact) mass is 330 g/mol. The van der Waals surface area contributed by atoms with Crippen LogP contribution in [0.25, 0.3) is 0 Å². The number of carbonyl (C=O) groups excluding carboxylic acids is 2. The van der Waals surface area contributed by atoms with Gasteiger partial charge >= 0.3 is 0 Å². The summed E-state index contributed by atoms with van der Waals surface area (Å²) < 4.78 is 1.79. The highest BCUT2D eigenvalue weighted by molar-refractivity contribution is 5.89. The largest absolute Gasteiger partial charge is 0.339 e. The van der Waals surface area contributed by atoms with Crippen LogP contribution in [0.15, 0.2) is 12.4 Å². The molecule has 1 aliphatic carbocycles. The van der Waals surface area contributed by atoms with E-state index >= 15 is 0 Å². The minimum atomic E-state index is -0.157. The molecule has 3 heterocycles. The van der Waals surface area contributed by atoms with Crippen LogP contribution in [0.4, 0.5) is 0 Å². The Labute approximate surface area is 142 Å². The van der Waals surface area contributed by atoms with Crippen molar-refractivity contribution in [3.63, 3.8) is 0 Å². The Morgan fingerprint density at radius 1 is 1.21 bits per heavy atom. The smallest absolute Gasteiger partial charge is 0.228 e. The number of nitrogens with zero attached hydrogens (tertiary/aromatic N) is 4. The lowest BCUT2D eigenvalue weighted by Gasteiger charge is -2.28. The molecule has 6 nitrogen and oxygen atoms in total. The van der Waals surface area contributed by atoms with Crippen LogP contribution in [0.3, 0.4) is 0 Å². The lowest BCUT2D eigenvalue weighted by molar-refractivity contribution is -0.136. The van der Waals surface area contributed by atoms with Crippen LogP contribution in [0.5, 0.6) is 0 Å². The average molecular weight is 330 g/mol. The first kappa shape index (κ1) is 15.7. The second kappa shape index (κ2) is 6.22. The van der Waals surface area contributed by atoms with Gasteiger partial charge in [0, 0.05) is 44.4 Å². The second-order valence-electron chi connectivity index (χ2n) is 7.52. The number of hydrogen-bond donors (Lipinski definition) is 0. The van der Waals surface area contributed by atoms with Crippen LogP contribution in [0, 0.1) is 5.92 Å². The van der Waals surface area contributed by atoms with E-state index in [1.54, 1.807) is 4.68 Å². The van der Waals surface area contributed by atoms with Crippen LogP contribution in [0.1, 0.15) is 56.6 Å². The molecule has 0 radical (unpaired) electrons. The summed E-state index contributed by atoms with van der Waals surface area (Å²) in [5.74, 6) is 0.183. The standard InChI is InChI=1S/C18H26N4O2/c1-20-11-14(10-19-20)16-7-4-8-21(16)18(24)13-9-17(23)22(12-13)15-5-2-3-6-15/h10-11,13,15-16H,2-9,12H2,1H3/t13-,16+/m1/s1. The van der Waals surface area contributed by atoms with Gasteiger partial charge in [0.25, 0.3) is 0 Å². The van der Waals surface area contributed by atoms with Gasteiger partial charge in [0.15, 0.2) is 0 Å². The summed E-state index contributed by atoms with van der Waals surface area (Å²) in [5, 5.41) is 4.25. The Hall–Kier alpha value is -1.85. The lowest BCUT2D eigenvalue weighted by atomic mass is 10.0. The number of aryl methyl sites for hydroxylation is 1. The molecule has 4 rings (SSSR count). The van der Waals surface area contributed by atoms with Crippen LogP contribution in [0.2, 0.25) is 0 Å². The van der Waals surface area contributed by atoms with Gasteiger partial charge in [-0.25, -0.2) is 0 Å². The van der Waals surface area contributed by atoms with Crippen molar-refractivity contribution in [2.24, 2.45) is 13.0 Å². The first-order chi connectivity index (χ1) is 11.6. The van der Waals surface area contributed by atoms with Gasteiger partial charge in [0.1, 0.15) is 0 Å². The molecule has 0 bridgehead atoms. The van der Waals surface area contributed by atoms with Gasteiger partial charge in [-0.1, -0.05) is 12.8 Å². The number of amides is 2. The zero-order valence-electron chi connectivity index (χ0n) is 14.4. The van der Waals surface area contributed by atoms with Gasteiger partial charge in [0.2, 0.25) is 11.8 Å². The highest BCUT2D eigenvalue weighted by atomic mass is 16.2. The van der Waals surface area contributed by atoms with Gasteiger partial charge in [-0.15, -0.1) is 0 Å². The fraction of sp³-hybridized carbons (Fsp3) is 0.722. The molecular weight excluding hydrogens is 304 g/mol. The van der Waals surface area contributed by atoms with Crippen molar-refractivity contribution >= 4 is 11.8 Å². The van der Waals surface area contributed by atoms with Crippen LogP contribution in [-0.4, -0.2) is 50.5 Å². The average Bonchev–Trinajstić information content (AvgIpc) is 3.33. The molecule has 2 atom stereocenters. The van der Waals surface area contributed by atoms with Crippen molar-refractivity contribution in [3.05, 3.63) is 18.0 Å². The third-order valence-electron chi connectivity index (χ3n) is 5.92. The Morgan fingerprint density at radius 3 is 2.71 bits per heavy atom. The van der Waals surface area contributed by atoms with E-state index < -0.39 is 0 Å². The fourth-order valence-corrected chi connectivity index (χ4v) is 4.69. The third kappa shape index (κ3) is 2.72. The third-order valence-corrected chi connectivity index (χ3v) is 5.92. The highest BCUT2D eigenvalue weighted by Gasteiger charge is 2.42. The van der Waals surface area contributed by atoms with Gasteiger partial charge in [-0.05, 0) is 25.7 Å². The fourth-order valence-electron chi connectivity index (χ4n) is 4.69. The zero-order valence-corrected chi connectivity index (χ0v) is 14.4. The maximum absolute atomic E-state index is 13.1. The predicted molar refractivity (Wildman–Crippen MR) is 89.0 cm³/mol. The van der Waals surface area contributed by atoms with Crippen molar-refractivity contribution in [3.8, 4) is 0 Å². The summed E-state index contributed by atoms with van der Waals surface area (Å²) in [7, 11) is 1.90. The molecule has 0 unspecified atom stereocenters. The van der Waals surface area contributed by atoms with Crippen LogP contribution < -0.4 is 0 Å². The number of aromatic nitrogens is 2. The van der Waals surface area contributed by atoms with E-state index in [1.165, 1.54) is 12.8 Å². The molecule has 0 spiro atoms. The molecule has 6 heteroatoms.